The SMILES string of the molecule is CN1C(=N)N[C@@]2(CCCc3ccc(NC(=O)c4cn5cc(C#N)ccc5n4)cc32)CS1(=O)=O. The molecular weight excluding hydrogens is 442 g/mol. The van der Waals surface area contributed by atoms with E-state index in [9.17, 15) is 13.2 Å². The molecule has 1 saturated heterocycles. The fourth-order valence-corrected chi connectivity index (χ4v) is 6.08. The molecule has 0 radical (unpaired) electrons. The van der Waals surface area contributed by atoms with Gasteiger partial charge in [0.05, 0.1) is 16.9 Å². The number of sulfonamides is 1. The van der Waals surface area contributed by atoms with Crippen LogP contribution in [0, 0.1) is 16.7 Å². The van der Waals surface area contributed by atoms with E-state index in [0.717, 1.165) is 28.3 Å². The maximum Gasteiger partial charge on any atom is 0.275 e. The molecule has 10 nitrogen and oxygen atoms in total. The van der Waals surface area contributed by atoms with Crippen molar-refractivity contribution in [2.24, 2.45) is 0 Å². The minimum absolute atomic E-state index is 0.156. The first-order valence-electron chi connectivity index (χ1n) is 10.4. The molecule has 0 bridgehead atoms. The van der Waals surface area contributed by atoms with E-state index >= 15 is 0 Å². The van der Waals surface area contributed by atoms with Crippen LogP contribution in [0.25, 0.3) is 5.65 Å². The third-order valence-electron chi connectivity index (χ3n) is 6.26. The van der Waals surface area contributed by atoms with Gasteiger partial charge in [-0.15, -0.1) is 0 Å². The van der Waals surface area contributed by atoms with Crippen LogP contribution in [0.2, 0.25) is 0 Å². The number of rotatable bonds is 2. The van der Waals surface area contributed by atoms with Crippen LogP contribution in [-0.2, 0) is 22.0 Å². The van der Waals surface area contributed by atoms with Crippen molar-refractivity contribution in [3.05, 3.63) is 65.1 Å². The predicted octanol–water partition coefficient (Wildman–Crippen LogP) is 1.79. The highest BCUT2D eigenvalue weighted by molar-refractivity contribution is 7.89. The molecule has 2 aliphatic rings. The fourth-order valence-electron chi connectivity index (χ4n) is 4.56. The zero-order valence-corrected chi connectivity index (χ0v) is 18.6. The first-order chi connectivity index (χ1) is 15.7. The summed E-state index contributed by atoms with van der Waals surface area (Å²) in [5.74, 6) is -0.736. The molecule has 33 heavy (non-hydrogen) atoms. The lowest BCUT2D eigenvalue weighted by atomic mass is 9.77. The molecule has 168 valence electrons. The van der Waals surface area contributed by atoms with E-state index in [1.54, 1.807) is 41.1 Å². The molecule has 1 atom stereocenters. The molecule has 1 amide bonds. The Morgan fingerprint density at radius 2 is 2.12 bits per heavy atom. The van der Waals surface area contributed by atoms with Crippen molar-refractivity contribution in [3.63, 3.8) is 0 Å². The van der Waals surface area contributed by atoms with E-state index in [0.29, 0.717) is 23.3 Å². The molecule has 1 fully saturated rings. The van der Waals surface area contributed by atoms with E-state index < -0.39 is 21.5 Å². The Morgan fingerprint density at radius 3 is 2.88 bits per heavy atom. The molecule has 1 spiro atoms. The highest BCUT2D eigenvalue weighted by atomic mass is 32.2. The number of amides is 1. The number of nitriles is 1. The molecule has 3 aromatic rings. The highest BCUT2D eigenvalue weighted by Gasteiger charge is 2.47. The quantitative estimate of drug-likeness (QED) is 0.529. The zero-order valence-electron chi connectivity index (χ0n) is 17.8. The Kier molecular flexibility index (Phi) is 4.65. The number of pyridine rings is 1. The van der Waals surface area contributed by atoms with Crippen molar-refractivity contribution in [1.82, 2.24) is 19.0 Å². The van der Waals surface area contributed by atoms with Crippen LogP contribution in [0.1, 0.15) is 40.0 Å². The van der Waals surface area contributed by atoms with Crippen LogP contribution in [0.3, 0.4) is 0 Å². The number of hydrogen-bond acceptors (Lipinski definition) is 6. The van der Waals surface area contributed by atoms with Gasteiger partial charge < -0.3 is 15.0 Å². The molecule has 3 N–H and O–H groups in total. The van der Waals surface area contributed by atoms with E-state index in [-0.39, 0.29) is 17.4 Å². The fraction of sp³-hybridized carbons (Fsp3) is 0.273. The Bertz CT molecular complexity index is 1470. The predicted molar refractivity (Wildman–Crippen MR) is 121 cm³/mol. The summed E-state index contributed by atoms with van der Waals surface area (Å²) in [4.78, 5) is 17.2. The zero-order chi connectivity index (χ0) is 23.4. The van der Waals surface area contributed by atoms with Gasteiger partial charge in [-0.2, -0.15) is 5.26 Å². The average molecular weight is 464 g/mol. The van der Waals surface area contributed by atoms with Gasteiger partial charge in [0.1, 0.15) is 17.4 Å². The van der Waals surface area contributed by atoms with Gasteiger partial charge >= 0.3 is 0 Å². The van der Waals surface area contributed by atoms with Crippen molar-refractivity contribution in [3.8, 4) is 6.07 Å². The van der Waals surface area contributed by atoms with Crippen molar-refractivity contribution in [2.45, 2.75) is 24.8 Å². The summed E-state index contributed by atoms with van der Waals surface area (Å²) in [6.07, 6.45) is 5.31. The molecule has 0 saturated carbocycles. The van der Waals surface area contributed by atoms with E-state index in [4.69, 9.17) is 10.7 Å². The number of imidazole rings is 1. The largest absolute Gasteiger partial charge is 0.345 e. The second-order valence-electron chi connectivity index (χ2n) is 8.38. The monoisotopic (exact) mass is 463 g/mol. The van der Waals surface area contributed by atoms with Gasteiger partial charge in [-0.05, 0) is 54.7 Å². The number of aromatic nitrogens is 2. The molecule has 1 aliphatic heterocycles. The number of aryl methyl sites for hydroxylation is 1. The Morgan fingerprint density at radius 1 is 1.30 bits per heavy atom. The lowest BCUT2D eigenvalue weighted by Gasteiger charge is -2.45. The van der Waals surface area contributed by atoms with E-state index in [1.807, 2.05) is 6.07 Å². The summed E-state index contributed by atoms with van der Waals surface area (Å²) in [7, 11) is -2.27. The number of hydrogen-bond donors (Lipinski definition) is 3. The average Bonchev–Trinajstić information content (AvgIpc) is 3.21. The lowest BCUT2D eigenvalue weighted by molar-refractivity contribution is 0.102. The van der Waals surface area contributed by atoms with Crippen LogP contribution < -0.4 is 10.6 Å². The highest BCUT2D eigenvalue weighted by Crippen LogP contribution is 2.40. The molecular formula is C22H21N7O3S. The molecule has 11 heteroatoms. The van der Waals surface area contributed by atoms with Crippen LogP contribution in [0.4, 0.5) is 5.69 Å². The minimum atomic E-state index is -3.64. The van der Waals surface area contributed by atoms with Crippen LogP contribution in [0.15, 0.2) is 42.7 Å². The maximum absolute atomic E-state index is 12.9. The summed E-state index contributed by atoms with van der Waals surface area (Å²) in [5, 5.41) is 23.1. The van der Waals surface area contributed by atoms with Crippen molar-refractivity contribution in [1.29, 1.82) is 10.7 Å². The normalized spacial score (nSPS) is 21.3. The van der Waals surface area contributed by atoms with Crippen LogP contribution in [0.5, 0.6) is 0 Å². The Balaban J connectivity index is 1.47. The van der Waals surface area contributed by atoms with Gasteiger partial charge in [-0.3, -0.25) is 10.2 Å². The molecule has 0 unspecified atom stereocenters. The summed E-state index contributed by atoms with van der Waals surface area (Å²) in [6, 6.07) is 10.8. The smallest absolute Gasteiger partial charge is 0.275 e. The van der Waals surface area contributed by atoms with Gasteiger partial charge in [-0.25, -0.2) is 17.7 Å². The number of carbonyl (C=O) groups excluding carboxylic acids is 1. The summed E-state index contributed by atoms with van der Waals surface area (Å²) >= 11 is 0. The van der Waals surface area contributed by atoms with Gasteiger partial charge in [0.2, 0.25) is 16.0 Å². The van der Waals surface area contributed by atoms with Gasteiger partial charge in [0.25, 0.3) is 5.91 Å². The van der Waals surface area contributed by atoms with E-state index in [1.165, 1.54) is 7.05 Å². The third kappa shape index (κ3) is 3.48. The molecule has 5 rings (SSSR count). The lowest BCUT2D eigenvalue weighted by Crippen LogP contribution is -2.63. The van der Waals surface area contributed by atoms with E-state index in [2.05, 4.69) is 21.7 Å². The number of anilines is 1. The molecule has 1 aromatic carbocycles. The topological polar surface area (TPSA) is 143 Å². The molecule has 1 aliphatic carbocycles. The van der Waals surface area contributed by atoms with Crippen LogP contribution >= 0.6 is 0 Å². The third-order valence-corrected chi connectivity index (χ3v) is 8.14. The van der Waals surface area contributed by atoms with Crippen molar-refractivity contribution >= 4 is 33.2 Å². The number of carbonyl (C=O) groups is 1. The van der Waals surface area contributed by atoms with Crippen molar-refractivity contribution in [2.75, 3.05) is 18.1 Å². The maximum atomic E-state index is 12.9. The number of guanidine groups is 1. The first kappa shape index (κ1) is 21.0. The summed E-state index contributed by atoms with van der Waals surface area (Å²) in [6.45, 7) is 0. The Hall–Kier alpha value is -3.91. The molecule has 3 heterocycles. The number of fused-ring (bicyclic) bond motifs is 3. The first-order valence-corrected chi connectivity index (χ1v) is 12.0. The second-order valence-corrected chi connectivity index (χ2v) is 10.4. The van der Waals surface area contributed by atoms with Gasteiger partial charge in [0.15, 0.2) is 0 Å². The number of nitrogens with one attached hydrogen (secondary N) is 3. The number of nitrogens with zero attached hydrogens (tertiary/aromatic N) is 4. The minimum Gasteiger partial charge on any atom is -0.345 e. The van der Waals surface area contributed by atoms with Gasteiger partial charge in [0, 0.05) is 25.1 Å². The second kappa shape index (κ2) is 7.31. The number of benzene rings is 1. The Labute approximate surface area is 190 Å². The summed E-state index contributed by atoms with van der Waals surface area (Å²) in [5.41, 5.74) is 2.57. The van der Waals surface area contributed by atoms with Crippen LogP contribution in [-0.4, -0.2) is 46.8 Å². The summed E-state index contributed by atoms with van der Waals surface area (Å²) < 4.78 is 28.0. The standard InChI is InChI=1S/C22H21N7O3S/c1-28-21(24)27-22(13-33(28,31)32)8-2-3-15-5-6-16(9-17(15)22)25-20(30)18-12-29-11-14(10-23)4-7-19(29)26-18/h4-7,9,11-12H,2-3,8,13H2,1H3,(H2,24,27)(H,25,30)/t22-/m0/s1. The van der Waals surface area contributed by atoms with Gasteiger partial charge in [-0.1, -0.05) is 6.07 Å². The van der Waals surface area contributed by atoms with Crippen molar-refractivity contribution < 1.29 is 13.2 Å². The molecule has 2 aromatic heterocycles.